The van der Waals surface area contributed by atoms with Crippen molar-refractivity contribution in [1.29, 1.82) is 0 Å². The Labute approximate surface area is 182 Å². The molecule has 2 N–H and O–H groups in total. The second kappa shape index (κ2) is 10.2. The molecule has 7 heteroatoms. The minimum atomic E-state index is -0.958. The van der Waals surface area contributed by atoms with E-state index in [2.05, 4.69) is 10.2 Å². The number of nitrogens with one attached hydrogen (secondary N) is 1. The molecule has 0 bridgehead atoms. The summed E-state index contributed by atoms with van der Waals surface area (Å²) >= 11 is 0. The normalized spacial score (nSPS) is 15.8. The highest BCUT2D eigenvalue weighted by atomic mass is 16.3. The van der Waals surface area contributed by atoms with Crippen LogP contribution in [0.25, 0.3) is 0 Å². The van der Waals surface area contributed by atoms with Gasteiger partial charge >= 0.3 is 0 Å². The van der Waals surface area contributed by atoms with Crippen molar-refractivity contribution in [2.75, 3.05) is 37.7 Å². The van der Waals surface area contributed by atoms with Crippen molar-refractivity contribution in [2.45, 2.75) is 25.8 Å². The van der Waals surface area contributed by atoms with Crippen molar-refractivity contribution in [2.24, 2.45) is 0 Å². The lowest BCUT2D eigenvalue weighted by molar-refractivity contribution is -0.138. The number of Topliss-reactive ketones (excluding diaryl/α,β-unsaturated/α-hetero) is 1. The molecule has 2 aromatic carbocycles. The summed E-state index contributed by atoms with van der Waals surface area (Å²) in [7, 11) is 0. The van der Waals surface area contributed by atoms with E-state index in [1.807, 2.05) is 42.5 Å². The molecule has 1 unspecified atom stereocenters. The third kappa shape index (κ3) is 5.49. The molecule has 0 radical (unpaired) electrons. The summed E-state index contributed by atoms with van der Waals surface area (Å²) in [5.41, 5.74) is 2.53. The van der Waals surface area contributed by atoms with Crippen molar-refractivity contribution in [3.05, 3.63) is 65.7 Å². The first kappa shape index (κ1) is 22.5. The predicted molar refractivity (Wildman–Crippen MR) is 119 cm³/mol. The minimum Gasteiger partial charge on any atom is -0.394 e. The van der Waals surface area contributed by atoms with Crippen molar-refractivity contribution < 1.29 is 19.5 Å². The Morgan fingerprint density at radius 1 is 0.968 bits per heavy atom. The highest BCUT2D eigenvalue weighted by molar-refractivity contribution is 5.94. The number of hydrogen-bond donors (Lipinski definition) is 2. The average molecular weight is 424 g/mol. The van der Waals surface area contributed by atoms with Crippen LogP contribution >= 0.6 is 0 Å². The Hall–Kier alpha value is -3.19. The Morgan fingerprint density at radius 2 is 1.58 bits per heavy atom. The third-order valence-corrected chi connectivity index (χ3v) is 5.72. The molecule has 31 heavy (non-hydrogen) atoms. The molecule has 1 fully saturated rings. The number of rotatable bonds is 7. The molecule has 7 nitrogen and oxygen atoms in total. The summed E-state index contributed by atoms with van der Waals surface area (Å²) in [6.07, 6.45) is 0. The van der Waals surface area contributed by atoms with Crippen molar-refractivity contribution in [3.8, 4) is 0 Å². The maximum atomic E-state index is 12.9. The summed E-state index contributed by atoms with van der Waals surface area (Å²) < 4.78 is 0. The van der Waals surface area contributed by atoms with Crippen molar-refractivity contribution in [3.63, 3.8) is 0 Å². The fourth-order valence-electron chi connectivity index (χ4n) is 3.69. The first-order valence-corrected chi connectivity index (χ1v) is 10.5. The van der Waals surface area contributed by atoms with Crippen molar-refractivity contribution >= 4 is 23.3 Å². The van der Waals surface area contributed by atoms with E-state index < -0.39 is 18.6 Å². The monoisotopic (exact) mass is 423 g/mol. The van der Waals surface area contributed by atoms with Crippen LogP contribution in [0.1, 0.15) is 35.7 Å². The lowest BCUT2D eigenvalue weighted by atomic mass is 10.00. The van der Waals surface area contributed by atoms with Crippen LogP contribution in [0.15, 0.2) is 54.6 Å². The van der Waals surface area contributed by atoms with E-state index in [4.69, 9.17) is 0 Å². The van der Waals surface area contributed by atoms with Gasteiger partial charge in [0.25, 0.3) is 0 Å². The van der Waals surface area contributed by atoms with E-state index in [0.717, 1.165) is 11.3 Å². The van der Waals surface area contributed by atoms with Gasteiger partial charge in [0, 0.05) is 37.4 Å². The number of benzene rings is 2. The van der Waals surface area contributed by atoms with Gasteiger partial charge in [0.1, 0.15) is 6.04 Å². The van der Waals surface area contributed by atoms with E-state index in [1.165, 1.54) is 6.92 Å². The SMILES string of the molecule is CC(=O)c1ccc(N2CCN(C(=O)[C@H](CO)NC(=O)C(C)c3ccccc3)CC2)cc1. The van der Waals surface area contributed by atoms with Crippen LogP contribution in [0.3, 0.4) is 0 Å². The second-order valence-electron chi connectivity index (χ2n) is 7.79. The molecule has 0 saturated carbocycles. The zero-order chi connectivity index (χ0) is 22.4. The van der Waals surface area contributed by atoms with Crippen LogP contribution in [-0.2, 0) is 9.59 Å². The van der Waals surface area contributed by atoms with Crippen molar-refractivity contribution in [1.82, 2.24) is 10.2 Å². The first-order chi connectivity index (χ1) is 14.9. The largest absolute Gasteiger partial charge is 0.394 e. The molecule has 2 amide bonds. The molecule has 2 atom stereocenters. The van der Waals surface area contributed by atoms with E-state index in [0.29, 0.717) is 31.7 Å². The topological polar surface area (TPSA) is 90.0 Å². The van der Waals surface area contributed by atoms with Crippen LogP contribution in [0.2, 0.25) is 0 Å². The number of carbonyl (C=O) groups excluding carboxylic acids is 3. The van der Waals surface area contributed by atoms with Crippen LogP contribution in [0.4, 0.5) is 5.69 Å². The Kier molecular flexibility index (Phi) is 7.41. The van der Waals surface area contributed by atoms with Gasteiger partial charge in [0.15, 0.2) is 5.78 Å². The molecule has 1 aliphatic rings. The number of ketones is 1. The van der Waals surface area contributed by atoms with Crippen LogP contribution in [0, 0.1) is 0 Å². The molecule has 1 heterocycles. The fraction of sp³-hybridized carbons (Fsp3) is 0.375. The van der Waals surface area contributed by atoms with Gasteiger partial charge in [-0.05, 0) is 43.7 Å². The fourth-order valence-corrected chi connectivity index (χ4v) is 3.69. The Bertz CT molecular complexity index is 906. The molecule has 164 valence electrons. The summed E-state index contributed by atoms with van der Waals surface area (Å²) in [6, 6.07) is 15.8. The predicted octanol–water partition coefficient (Wildman–Crippen LogP) is 1.82. The Balaban J connectivity index is 1.55. The number of aliphatic hydroxyl groups is 1. The van der Waals surface area contributed by atoms with Gasteiger partial charge < -0.3 is 20.2 Å². The minimum absolute atomic E-state index is 0.0284. The van der Waals surface area contributed by atoms with E-state index in [9.17, 15) is 19.5 Å². The molecule has 1 aliphatic heterocycles. The summed E-state index contributed by atoms with van der Waals surface area (Å²) in [5.74, 6) is -0.955. The molecule has 2 aromatic rings. The average Bonchev–Trinajstić information content (AvgIpc) is 2.82. The molecular weight excluding hydrogens is 394 g/mol. The standard InChI is InChI=1S/C24H29N3O4/c1-17(19-6-4-3-5-7-19)23(30)25-22(16-28)24(31)27-14-12-26(13-15-27)21-10-8-20(9-11-21)18(2)29/h3-11,17,22,28H,12-16H2,1-2H3,(H,25,30)/t17?,22-/m0/s1. The van der Waals surface area contributed by atoms with Gasteiger partial charge in [-0.15, -0.1) is 0 Å². The van der Waals surface area contributed by atoms with Crippen LogP contribution in [-0.4, -0.2) is 66.4 Å². The van der Waals surface area contributed by atoms with Gasteiger partial charge in [-0.3, -0.25) is 14.4 Å². The van der Waals surface area contributed by atoms with Gasteiger partial charge in [-0.2, -0.15) is 0 Å². The Morgan fingerprint density at radius 3 is 2.13 bits per heavy atom. The van der Waals surface area contributed by atoms with Gasteiger partial charge in [0.05, 0.1) is 12.5 Å². The highest BCUT2D eigenvalue weighted by Crippen LogP contribution is 2.19. The van der Waals surface area contributed by atoms with Gasteiger partial charge in [-0.1, -0.05) is 30.3 Å². The van der Waals surface area contributed by atoms with Gasteiger partial charge in [0.2, 0.25) is 11.8 Å². The molecule has 1 saturated heterocycles. The number of anilines is 1. The molecular formula is C24H29N3O4. The first-order valence-electron chi connectivity index (χ1n) is 10.5. The number of hydrogen-bond acceptors (Lipinski definition) is 5. The number of piperazine rings is 1. The lowest BCUT2D eigenvalue weighted by Crippen LogP contribution is -2.56. The third-order valence-electron chi connectivity index (χ3n) is 5.72. The number of aliphatic hydroxyl groups excluding tert-OH is 1. The highest BCUT2D eigenvalue weighted by Gasteiger charge is 2.29. The van der Waals surface area contributed by atoms with E-state index in [-0.39, 0.29) is 17.6 Å². The molecule has 0 aliphatic carbocycles. The number of carbonyl (C=O) groups is 3. The molecule has 0 spiro atoms. The summed E-state index contributed by atoms with van der Waals surface area (Å²) in [5, 5.41) is 12.4. The molecule has 0 aromatic heterocycles. The van der Waals surface area contributed by atoms with Crippen LogP contribution < -0.4 is 10.2 Å². The second-order valence-corrected chi connectivity index (χ2v) is 7.79. The zero-order valence-electron chi connectivity index (χ0n) is 18.0. The quantitative estimate of drug-likeness (QED) is 0.663. The van der Waals surface area contributed by atoms with E-state index >= 15 is 0 Å². The maximum absolute atomic E-state index is 12.9. The van der Waals surface area contributed by atoms with Gasteiger partial charge in [-0.25, -0.2) is 0 Å². The summed E-state index contributed by atoms with van der Waals surface area (Å²) in [4.78, 5) is 40.7. The van der Waals surface area contributed by atoms with Crippen LogP contribution in [0.5, 0.6) is 0 Å². The smallest absolute Gasteiger partial charge is 0.247 e. The number of nitrogens with zero attached hydrogens (tertiary/aromatic N) is 2. The summed E-state index contributed by atoms with van der Waals surface area (Å²) in [6.45, 7) is 5.13. The maximum Gasteiger partial charge on any atom is 0.247 e. The zero-order valence-corrected chi connectivity index (χ0v) is 18.0. The number of amides is 2. The van der Waals surface area contributed by atoms with E-state index in [1.54, 1.807) is 24.0 Å². The molecule has 3 rings (SSSR count). The lowest BCUT2D eigenvalue weighted by Gasteiger charge is -2.37.